The van der Waals surface area contributed by atoms with E-state index in [9.17, 15) is 31.4 Å². The third-order valence-corrected chi connectivity index (χ3v) is 6.43. The third kappa shape index (κ3) is 6.73. The molecule has 0 aliphatic rings. The van der Waals surface area contributed by atoms with Crippen molar-refractivity contribution in [2.45, 2.75) is 25.7 Å². The summed E-state index contributed by atoms with van der Waals surface area (Å²) in [6, 6.07) is 23.5. The van der Waals surface area contributed by atoms with Gasteiger partial charge in [-0.15, -0.1) is 29.3 Å². The molecule has 5 aromatic rings. The standard InChI is InChI=1S/C32H21F6N2O.Pt/c1-19-13-24(31(33,34)35)30(25(14-19)32(36,37)38)23-17-20(15-21-7-2-3-11-29(21)41)16-22(18-23)26-9-6-10-28(40-26)27-8-4-5-12-39-27;/h2-14,17-18,41H,15H2,1H3;/q-1;. The van der Waals surface area contributed by atoms with Crippen molar-refractivity contribution in [2.75, 3.05) is 0 Å². The molecule has 10 heteroatoms. The summed E-state index contributed by atoms with van der Waals surface area (Å²) < 4.78 is 85.3. The van der Waals surface area contributed by atoms with Crippen LogP contribution in [0.2, 0.25) is 0 Å². The van der Waals surface area contributed by atoms with E-state index in [1.165, 1.54) is 25.1 Å². The van der Waals surface area contributed by atoms with Gasteiger partial charge in [0.15, 0.2) is 0 Å². The zero-order chi connectivity index (χ0) is 29.4. The van der Waals surface area contributed by atoms with Crippen LogP contribution in [0.3, 0.4) is 0 Å². The number of aromatic nitrogens is 2. The van der Waals surface area contributed by atoms with E-state index in [0.717, 1.165) is 0 Å². The van der Waals surface area contributed by atoms with Crippen molar-refractivity contribution in [2.24, 2.45) is 0 Å². The van der Waals surface area contributed by atoms with E-state index in [1.807, 2.05) is 0 Å². The summed E-state index contributed by atoms with van der Waals surface area (Å²) in [5.74, 6) is -0.0644. The Morgan fingerprint density at radius 2 is 1.36 bits per heavy atom. The normalized spacial score (nSPS) is 11.7. The number of nitrogens with zero attached hydrogens (tertiary/aromatic N) is 2. The predicted molar refractivity (Wildman–Crippen MR) is 143 cm³/mol. The van der Waals surface area contributed by atoms with Gasteiger partial charge in [-0.3, -0.25) is 9.97 Å². The second-order valence-electron chi connectivity index (χ2n) is 9.47. The quantitative estimate of drug-likeness (QED) is 0.144. The molecule has 218 valence electrons. The maximum absolute atomic E-state index is 14.2. The van der Waals surface area contributed by atoms with Crippen LogP contribution in [0, 0.1) is 13.0 Å². The molecule has 2 aromatic heterocycles. The minimum absolute atomic E-state index is 0. The molecule has 3 nitrogen and oxygen atoms in total. The molecule has 0 atom stereocenters. The molecule has 0 fully saturated rings. The van der Waals surface area contributed by atoms with E-state index in [0.29, 0.717) is 29.1 Å². The van der Waals surface area contributed by atoms with E-state index < -0.39 is 29.0 Å². The van der Waals surface area contributed by atoms with Crippen LogP contribution in [0.25, 0.3) is 33.8 Å². The van der Waals surface area contributed by atoms with Gasteiger partial charge in [-0.05, 0) is 72.1 Å². The van der Waals surface area contributed by atoms with Gasteiger partial charge in [0.1, 0.15) is 5.75 Å². The minimum Gasteiger partial charge on any atom is -0.508 e. The van der Waals surface area contributed by atoms with Crippen LogP contribution in [-0.4, -0.2) is 15.1 Å². The van der Waals surface area contributed by atoms with Gasteiger partial charge < -0.3 is 5.11 Å². The average Bonchev–Trinajstić information content (AvgIpc) is 2.93. The molecule has 0 spiro atoms. The van der Waals surface area contributed by atoms with Crippen molar-refractivity contribution in [1.82, 2.24) is 9.97 Å². The van der Waals surface area contributed by atoms with Crippen molar-refractivity contribution in [1.29, 1.82) is 0 Å². The van der Waals surface area contributed by atoms with Gasteiger partial charge in [0, 0.05) is 27.3 Å². The first-order valence-corrected chi connectivity index (χ1v) is 12.4. The largest absolute Gasteiger partial charge is 0.508 e. The first kappa shape index (κ1) is 31.0. The number of aromatic hydroxyl groups is 1. The fourth-order valence-electron chi connectivity index (χ4n) is 4.66. The number of para-hydroxylation sites is 1. The molecule has 2 heterocycles. The monoisotopic (exact) mass is 758 g/mol. The molecule has 0 aliphatic carbocycles. The molecule has 0 amide bonds. The Labute approximate surface area is 252 Å². The number of benzene rings is 3. The Bertz CT molecular complexity index is 1680. The van der Waals surface area contributed by atoms with Crippen molar-refractivity contribution in [3.63, 3.8) is 0 Å². The van der Waals surface area contributed by atoms with Crippen LogP contribution in [0.1, 0.15) is 27.8 Å². The first-order valence-electron chi connectivity index (χ1n) is 12.4. The predicted octanol–water partition coefficient (Wildman–Crippen LogP) is 8.92. The molecule has 0 radical (unpaired) electrons. The first-order chi connectivity index (χ1) is 19.4. The summed E-state index contributed by atoms with van der Waals surface area (Å²) in [6.07, 6.45) is -8.54. The summed E-state index contributed by atoms with van der Waals surface area (Å²) in [4.78, 5) is 8.85. The number of pyridine rings is 2. The molecule has 0 saturated carbocycles. The molecule has 42 heavy (non-hydrogen) atoms. The van der Waals surface area contributed by atoms with Gasteiger partial charge in [-0.1, -0.05) is 42.0 Å². The van der Waals surface area contributed by atoms with Crippen molar-refractivity contribution in [3.05, 3.63) is 125 Å². The van der Waals surface area contributed by atoms with Gasteiger partial charge >= 0.3 is 12.4 Å². The van der Waals surface area contributed by atoms with Crippen LogP contribution in [-0.2, 0) is 39.8 Å². The summed E-state index contributed by atoms with van der Waals surface area (Å²) >= 11 is 0. The average molecular weight is 759 g/mol. The van der Waals surface area contributed by atoms with E-state index >= 15 is 0 Å². The Morgan fingerprint density at radius 3 is 1.98 bits per heavy atom. The number of hydrogen-bond acceptors (Lipinski definition) is 3. The van der Waals surface area contributed by atoms with Gasteiger partial charge in [0.05, 0.1) is 22.5 Å². The smallest absolute Gasteiger partial charge is 0.416 e. The van der Waals surface area contributed by atoms with Gasteiger partial charge in [0.25, 0.3) is 0 Å². The summed E-state index contributed by atoms with van der Waals surface area (Å²) in [5.41, 5.74) is -2.08. The second-order valence-corrected chi connectivity index (χ2v) is 9.47. The number of halogens is 6. The minimum atomic E-state index is -5.06. The van der Waals surface area contributed by atoms with Crippen LogP contribution >= 0.6 is 0 Å². The van der Waals surface area contributed by atoms with Crippen molar-refractivity contribution < 1.29 is 52.5 Å². The van der Waals surface area contributed by atoms with Crippen molar-refractivity contribution in [3.8, 4) is 39.5 Å². The fraction of sp³-hybridized carbons (Fsp3) is 0.125. The fourth-order valence-corrected chi connectivity index (χ4v) is 4.66. The summed E-state index contributed by atoms with van der Waals surface area (Å²) in [7, 11) is 0. The van der Waals surface area contributed by atoms with Gasteiger partial charge in [0.2, 0.25) is 0 Å². The number of alkyl halides is 6. The molecule has 3 aromatic carbocycles. The molecule has 0 aliphatic heterocycles. The molecule has 0 saturated heterocycles. The van der Waals surface area contributed by atoms with Crippen LogP contribution in [0.5, 0.6) is 5.75 Å². The van der Waals surface area contributed by atoms with E-state index in [2.05, 4.69) is 16.0 Å². The number of aryl methyl sites for hydroxylation is 1. The molecular formula is C32H21F6N2OPt-. The SMILES string of the molecule is Cc1cc(C(F)(F)F)c(-c2cc(Cc3ccccc3O)[c-]c(-c3cccc(-c4ccccn4)n3)c2)c(C(F)(F)F)c1.[Pt]. The molecule has 5 rings (SSSR count). The van der Waals surface area contributed by atoms with E-state index in [1.54, 1.807) is 60.8 Å². The van der Waals surface area contributed by atoms with Crippen LogP contribution in [0.15, 0.2) is 91.1 Å². The zero-order valence-electron chi connectivity index (χ0n) is 21.8. The number of rotatable bonds is 5. The van der Waals surface area contributed by atoms with Crippen LogP contribution < -0.4 is 0 Å². The topological polar surface area (TPSA) is 46.0 Å². The molecular weight excluding hydrogens is 737 g/mol. The Balaban J connectivity index is 0.00000405. The third-order valence-electron chi connectivity index (χ3n) is 6.43. The molecule has 0 bridgehead atoms. The maximum Gasteiger partial charge on any atom is 0.416 e. The molecule has 0 unspecified atom stereocenters. The number of hydrogen-bond donors (Lipinski definition) is 1. The van der Waals surface area contributed by atoms with E-state index in [-0.39, 0.29) is 61.2 Å². The maximum atomic E-state index is 14.2. The summed E-state index contributed by atoms with van der Waals surface area (Å²) in [6.45, 7) is 1.19. The summed E-state index contributed by atoms with van der Waals surface area (Å²) in [5, 5.41) is 10.3. The van der Waals surface area contributed by atoms with Gasteiger partial charge in [-0.2, -0.15) is 26.3 Å². The zero-order valence-corrected chi connectivity index (χ0v) is 24.1. The van der Waals surface area contributed by atoms with Gasteiger partial charge in [-0.25, -0.2) is 0 Å². The number of phenolic OH excluding ortho intramolecular Hbond substituents is 1. The Hall–Kier alpha value is -3.97. The Kier molecular flexibility index (Phi) is 8.92. The molecule has 1 N–H and O–H groups in total. The second kappa shape index (κ2) is 12.1. The Morgan fingerprint density at radius 1 is 0.738 bits per heavy atom. The van der Waals surface area contributed by atoms with Crippen LogP contribution in [0.4, 0.5) is 26.3 Å². The number of phenols is 1. The van der Waals surface area contributed by atoms with E-state index in [4.69, 9.17) is 0 Å². The van der Waals surface area contributed by atoms with Crippen molar-refractivity contribution >= 4 is 0 Å².